The standard InChI is InChI=1S/C11H16F2N2O2S/c1-11(2,6-14)7-15-18(16,17)8-3-4-9(12)10(13)5-8/h3-5,15H,6-7,14H2,1-2H3. The molecule has 18 heavy (non-hydrogen) atoms. The summed E-state index contributed by atoms with van der Waals surface area (Å²) in [5, 5.41) is 0. The summed E-state index contributed by atoms with van der Waals surface area (Å²) in [6.45, 7) is 4.00. The Balaban J connectivity index is 2.90. The fourth-order valence-electron chi connectivity index (χ4n) is 1.09. The topological polar surface area (TPSA) is 72.2 Å². The highest BCUT2D eigenvalue weighted by Crippen LogP contribution is 2.16. The number of sulfonamides is 1. The number of nitrogens with one attached hydrogen (secondary N) is 1. The molecule has 0 heterocycles. The third-order valence-electron chi connectivity index (χ3n) is 2.49. The van der Waals surface area contributed by atoms with Gasteiger partial charge in [-0.15, -0.1) is 0 Å². The lowest BCUT2D eigenvalue weighted by atomic mass is 9.95. The van der Waals surface area contributed by atoms with Crippen LogP contribution in [0.2, 0.25) is 0 Å². The first kappa shape index (κ1) is 15.0. The quantitative estimate of drug-likeness (QED) is 0.851. The number of benzene rings is 1. The molecule has 0 unspecified atom stereocenters. The van der Waals surface area contributed by atoms with Gasteiger partial charge in [0.15, 0.2) is 11.6 Å². The van der Waals surface area contributed by atoms with E-state index in [1.54, 1.807) is 13.8 Å². The van der Waals surface area contributed by atoms with Crippen LogP contribution in [0, 0.1) is 17.0 Å². The molecule has 0 aliphatic carbocycles. The number of halogens is 2. The van der Waals surface area contributed by atoms with Crippen molar-refractivity contribution in [1.29, 1.82) is 0 Å². The summed E-state index contributed by atoms with van der Waals surface area (Å²) in [5.41, 5.74) is 5.06. The minimum atomic E-state index is -3.86. The Kier molecular flexibility index (Phi) is 4.41. The van der Waals surface area contributed by atoms with Crippen LogP contribution in [0.4, 0.5) is 8.78 Å². The zero-order valence-electron chi connectivity index (χ0n) is 10.2. The molecule has 1 aromatic carbocycles. The van der Waals surface area contributed by atoms with Crippen LogP contribution in [-0.2, 0) is 10.0 Å². The number of nitrogens with two attached hydrogens (primary N) is 1. The van der Waals surface area contributed by atoms with E-state index in [1.807, 2.05) is 0 Å². The van der Waals surface area contributed by atoms with Gasteiger partial charge in [0.25, 0.3) is 0 Å². The third kappa shape index (κ3) is 3.72. The largest absolute Gasteiger partial charge is 0.330 e. The Morgan fingerprint density at radius 2 is 1.89 bits per heavy atom. The second-order valence-corrected chi connectivity index (χ2v) is 6.54. The molecule has 1 rings (SSSR count). The van der Waals surface area contributed by atoms with E-state index in [2.05, 4.69) is 4.72 Å². The van der Waals surface area contributed by atoms with E-state index in [0.717, 1.165) is 12.1 Å². The average Bonchev–Trinajstić information content (AvgIpc) is 2.30. The summed E-state index contributed by atoms with van der Waals surface area (Å²) in [5.74, 6) is -2.29. The van der Waals surface area contributed by atoms with E-state index in [-0.39, 0.29) is 11.4 Å². The minimum Gasteiger partial charge on any atom is -0.330 e. The molecule has 0 radical (unpaired) electrons. The molecule has 7 heteroatoms. The van der Waals surface area contributed by atoms with Crippen LogP contribution in [0.3, 0.4) is 0 Å². The summed E-state index contributed by atoms with van der Waals surface area (Å²) in [6.07, 6.45) is 0. The van der Waals surface area contributed by atoms with E-state index in [1.165, 1.54) is 0 Å². The van der Waals surface area contributed by atoms with Crippen LogP contribution in [0.15, 0.2) is 23.1 Å². The SMILES string of the molecule is CC(C)(CN)CNS(=O)(=O)c1ccc(F)c(F)c1. The summed E-state index contributed by atoms with van der Waals surface area (Å²) in [6, 6.07) is 2.43. The van der Waals surface area contributed by atoms with E-state index >= 15 is 0 Å². The van der Waals surface area contributed by atoms with Gasteiger partial charge in [-0.2, -0.15) is 0 Å². The molecule has 0 fully saturated rings. The van der Waals surface area contributed by atoms with Crippen molar-refractivity contribution >= 4 is 10.0 Å². The van der Waals surface area contributed by atoms with Crippen molar-refractivity contribution in [2.45, 2.75) is 18.7 Å². The molecule has 0 bridgehead atoms. The molecule has 102 valence electrons. The normalized spacial score (nSPS) is 12.7. The fraction of sp³-hybridized carbons (Fsp3) is 0.455. The van der Waals surface area contributed by atoms with Crippen molar-refractivity contribution in [3.05, 3.63) is 29.8 Å². The summed E-state index contributed by atoms with van der Waals surface area (Å²) in [7, 11) is -3.86. The first-order valence-electron chi connectivity index (χ1n) is 5.33. The second kappa shape index (κ2) is 5.29. The van der Waals surface area contributed by atoms with Gasteiger partial charge < -0.3 is 5.73 Å². The molecule has 0 saturated heterocycles. The lowest BCUT2D eigenvalue weighted by Gasteiger charge is -2.22. The van der Waals surface area contributed by atoms with Crippen molar-refractivity contribution in [2.75, 3.05) is 13.1 Å². The van der Waals surface area contributed by atoms with Crippen LogP contribution in [0.1, 0.15) is 13.8 Å². The average molecular weight is 278 g/mol. The van der Waals surface area contributed by atoms with Crippen LogP contribution in [-0.4, -0.2) is 21.5 Å². The molecule has 0 saturated carbocycles. The lowest BCUT2D eigenvalue weighted by molar-refractivity contribution is 0.376. The van der Waals surface area contributed by atoms with Crippen molar-refractivity contribution in [2.24, 2.45) is 11.1 Å². The molecule has 0 aliphatic rings. The molecule has 4 nitrogen and oxygen atoms in total. The van der Waals surface area contributed by atoms with Crippen LogP contribution < -0.4 is 10.5 Å². The zero-order chi connectivity index (χ0) is 14.0. The Morgan fingerprint density at radius 1 is 1.28 bits per heavy atom. The van der Waals surface area contributed by atoms with E-state index in [4.69, 9.17) is 5.73 Å². The highest BCUT2D eigenvalue weighted by atomic mass is 32.2. The molecule has 0 aromatic heterocycles. The van der Waals surface area contributed by atoms with Gasteiger partial charge in [-0.1, -0.05) is 13.8 Å². The molecular formula is C11H16F2N2O2S. The summed E-state index contributed by atoms with van der Waals surface area (Å²) in [4.78, 5) is -0.311. The summed E-state index contributed by atoms with van der Waals surface area (Å²) < 4.78 is 51.6. The highest BCUT2D eigenvalue weighted by Gasteiger charge is 2.21. The van der Waals surface area contributed by atoms with Gasteiger partial charge in [-0.05, 0) is 30.2 Å². The van der Waals surface area contributed by atoms with Gasteiger partial charge in [0.1, 0.15) is 0 Å². The van der Waals surface area contributed by atoms with Gasteiger partial charge in [-0.25, -0.2) is 21.9 Å². The Bertz CT molecular complexity index is 530. The molecule has 1 aromatic rings. The third-order valence-corrected chi connectivity index (χ3v) is 3.89. The Hall–Kier alpha value is -1.05. The minimum absolute atomic E-state index is 0.116. The second-order valence-electron chi connectivity index (χ2n) is 4.77. The first-order valence-corrected chi connectivity index (χ1v) is 6.81. The van der Waals surface area contributed by atoms with E-state index in [0.29, 0.717) is 12.6 Å². The first-order chi connectivity index (χ1) is 8.18. The molecule has 3 N–H and O–H groups in total. The van der Waals surface area contributed by atoms with E-state index < -0.39 is 27.1 Å². The van der Waals surface area contributed by atoms with Crippen molar-refractivity contribution in [3.8, 4) is 0 Å². The number of hydrogen-bond donors (Lipinski definition) is 2. The van der Waals surface area contributed by atoms with Crippen LogP contribution in [0.25, 0.3) is 0 Å². The predicted molar refractivity (Wildman–Crippen MR) is 64.4 cm³/mol. The molecular weight excluding hydrogens is 262 g/mol. The molecule has 0 amide bonds. The lowest BCUT2D eigenvalue weighted by Crippen LogP contribution is -2.38. The maximum Gasteiger partial charge on any atom is 0.240 e. The maximum absolute atomic E-state index is 13.0. The monoisotopic (exact) mass is 278 g/mol. The number of rotatable bonds is 5. The predicted octanol–water partition coefficient (Wildman–Crippen LogP) is 1.23. The van der Waals surface area contributed by atoms with Gasteiger partial charge >= 0.3 is 0 Å². The summed E-state index contributed by atoms with van der Waals surface area (Å²) >= 11 is 0. The molecule has 0 aliphatic heterocycles. The fourth-order valence-corrected chi connectivity index (χ4v) is 2.34. The maximum atomic E-state index is 13.0. The van der Waals surface area contributed by atoms with E-state index in [9.17, 15) is 17.2 Å². The van der Waals surface area contributed by atoms with Crippen molar-refractivity contribution in [1.82, 2.24) is 4.72 Å². The van der Waals surface area contributed by atoms with Crippen molar-refractivity contribution in [3.63, 3.8) is 0 Å². The van der Waals surface area contributed by atoms with Crippen LogP contribution in [0.5, 0.6) is 0 Å². The number of hydrogen-bond acceptors (Lipinski definition) is 3. The Labute approximate surface area is 105 Å². The smallest absolute Gasteiger partial charge is 0.240 e. The van der Waals surface area contributed by atoms with Gasteiger partial charge in [0.2, 0.25) is 10.0 Å². The van der Waals surface area contributed by atoms with Gasteiger partial charge in [0, 0.05) is 6.54 Å². The van der Waals surface area contributed by atoms with Crippen molar-refractivity contribution < 1.29 is 17.2 Å². The molecule has 0 spiro atoms. The Morgan fingerprint density at radius 3 is 2.39 bits per heavy atom. The van der Waals surface area contributed by atoms with Gasteiger partial charge in [0.05, 0.1) is 4.90 Å². The molecule has 0 atom stereocenters. The highest BCUT2D eigenvalue weighted by molar-refractivity contribution is 7.89. The van der Waals surface area contributed by atoms with Crippen LogP contribution >= 0.6 is 0 Å². The zero-order valence-corrected chi connectivity index (χ0v) is 11.0. The van der Waals surface area contributed by atoms with Gasteiger partial charge in [-0.3, -0.25) is 0 Å².